The van der Waals surface area contributed by atoms with E-state index in [9.17, 15) is 9.90 Å². The lowest BCUT2D eigenvalue weighted by Gasteiger charge is -2.45. The summed E-state index contributed by atoms with van der Waals surface area (Å²) >= 11 is 0. The number of carbonyl (C=O) groups is 1. The molecule has 0 aromatic heterocycles. The van der Waals surface area contributed by atoms with Gasteiger partial charge in [-0.3, -0.25) is 4.79 Å². The number of amides is 1. The van der Waals surface area contributed by atoms with Gasteiger partial charge in [-0.25, -0.2) is 0 Å². The van der Waals surface area contributed by atoms with Gasteiger partial charge in [-0.2, -0.15) is 0 Å². The van der Waals surface area contributed by atoms with Crippen molar-refractivity contribution in [3.63, 3.8) is 0 Å². The van der Waals surface area contributed by atoms with E-state index in [1.54, 1.807) is 6.07 Å². The van der Waals surface area contributed by atoms with Crippen LogP contribution in [0, 0.1) is 11.8 Å². The molecule has 2 unspecified atom stereocenters. The monoisotopic (exact) mass is 358 g/mol. The number of aromatic hydroxyl groups is 1. The molecule has 1 saturated heterocycles. The fraction of sp³-hybridized carbons (Fsp3) is 0.682. The molecule has 4 nitrogen and oxygen atoms in total. The summed E-state index contributed by atoms with van der Waals surface area (Å²) < 4.78 is 0. The SMILES string of the molecule is CC1CN(CCNC(=O)C2CCCCC2)CCC1(C)c1cccc(O)c1. The number of nitrogens with zero attached hydrogens (tertiary/aromatic N) is 1. The van der Waals surface area contributed by atoms with Crippen molar-refractivity contribution in [2.45, 2.75) is 57.8 Å². The fourth-order valence-electron chi connectivity index (χ4n) is 4.66. The van der Waals surface area contributed by atoms with Gasteiger partial charge in [-0.15, -0.1) is 0 Å². The Morgan fingerprint density at radius 1 is 1.31 bits per heavy atom. The van der Waals surface area contributed by atoms with Crippen LogP contribution in [0.25, 0.3) is 0 Å². The first-order valence-corrected chi connectivity index (χ1v) is 10.3. The van der Waals surface area contributed by atoms with E-state index in [1.807, 2.05) is 12.1 Å². The highest BCUT2D eigenvalue weighted by molar-refractivity contribution is 5.78. The maximum Gasteiger partial charge on any atom is 0.223 e. The number of piperidine rings is 1. The Morgan fingerprint density at radius 2 is 2.08 bits per heavy atom. The van der Waals surface area contributed by atoms with Gasteiger partial charge in [0.25, 0.3) is 0 Å². The molecule has 1 saturated carbocycles. The third kappa shape index (κ3) is 4.40. The maximum absolute atomic E-state index is 12.3. The maximum atomic E-state index is 12.3. The fourth-order valence-corrected chi connectivity index (χ4v) is 4.66. The van der Waals surface area contributed by atoms with Crippen LogP contribution in [-0.4, -0.2) is 42.1 Å². The van der Waals surface area contributed by atoms with Crippen LogP contribution in [0.15, 0.2) is 24.3 Å². The van der Waals surface area contributed by atoms with E-state index >= 15 is 0 Å². The Balaban J connectivity index is 1.47. The van der Waals surface area contributed by atoms with Crippen LogP contribution in [0.1, 0.15) is 57.9 Å². The number of benzene rings is 1. The molecular weight excluding hydrogens is 324 g/mol. The van der Waals surface area contributed by atoms with Crippen LogP contribution >= 0.6 is 0 Å². The van der Waals surface area contributed by atoms with Crippen LogP contribution in [0.5, 0.6) is 5.75 Å². The van der Waals surface area contributed by atoms with Crippen molar-refractivity contribution in [3.8, 4) is 5.75 Å². The molecule has 3 rings (SSSR count). The van der Waals surface area contributed by atoms with Gasteiger partial charge in [0.15, 0.2) is 0 Å². The zero-order valence-corrected chi connectivity index (χ0v) is 16.3. The zero-order chi connectivity index (χ0) is 18.6. The van der Waals surface area contributed by atoms with Crippen LogP contribution < -0.4 is 5.32 Å². The van der Waals surface area contributed by atoms with Crippen LogP contribution in [0.2, 0.25) is 0 Å². The quantitative estimate of drug-likeness (QED) is 0.844. The number of phenolic OH excluding ortho intramolecular Hbond substituents is 1. The van der Waals surface area contributed by atoms with E-state index in [2.05, 4.69) is 30.1 Å². The molecule has 2 N–H and O–H groups in total. The van der Waals surface area contributed by atoms with Crippen LogP contribution in [0.4, 0.5) is 0 Å². The first-order valence-electron chi connectivity index (χ1n) is 10.3. The Bertz CT molecular complexity index is 612. The highest BCUT2D eigenvalue weighted by Gasteiger charge is 2.38. The lowest BCUT2D eigenvalue weighted by atomic mass is 9.68. The van der Waals surface area contributed by atoms with Gasteiger partial charge in [0, 0.05) is 25.6 Å². The van der Waals surface area contributed by atoms with Crippen molar-refractivity contribution in [3.05, 3.63) is 29.8 Å². The van der Waals surface area contributed by atoms with E-state index in [4.69, 9.17) is 0 Å². The number of hydrogen-bond donors (Lipinski definition) is 2. The largest absolute Gasteiger partial charge is 0.508 e. The van der Waals surface area contributed by atoms with E-state index in [0.717, 1.165) is 45.4 Å². The van der Waals surface area contributed by atoms with Crippen molar-refractivity contribution in [2.75, 3.05) is 26.2 Å². The van der Waals surface area contributed by atoms with Crippen molar-refractivity contribution < 1.29 is 9.90 Å². The van der Waals surface area contributed by atoms with Crippen LogP contribution in [-0.2, 0) is 10.2 Å². The normalized spacial score (nSPS) is 28.0. The van der Waals surface area contributed by atoms with E-state index in [1.165, 1.54) is 24.8 Å². The number of rotatable bonds is 5. The van der Waals surface area contributed by atoms with E-state index in [-0.39, 0.29) is 17.2 Å². The molecular formula is C22H34N2O2. The molecule has 1 aliphatic heterocycles. The van der Waals surface area contributed by atoms with Gasteiger partial charge < -0.3 is 15.3 Å². The number of likely N-dealkylation sites (tertiary alicyclic amines) is 1. The Labute approximate surface area is 158 Å². The second-order valence-corrected chi connectivity index (χ2v) is 8.55. The van der Waals surface area contributed by atoms with Gasteiger partial charge in [0.05, 0.1) is 0 Å². The molecule has 2 atom stereocenters. The first-order chi connectivity index (χ1) is 12.5. The van der Waals surface area contributed by atoms with Gasteiger partial charge in [-0.05, 0) is 54.8 Å². The van der Waals surface area contributed by atoms with Gasteiger partial charge in [0.2, 0.25) is 5.91 Å². The smallest absolute Gasteiger partial charge is 0.223 e. The second kappa shape index (κ2) is 8.43. The predicted molar refractivity (Wildman–Crippen MR) is 105 cm³/mol. The molecule has 2 aliphatic rings. The molecule has 1 aromatic carbocycles. The minimum atomic E-state index is 0.0978. The molecule has 1 aliphatic carbocycles. The van der Waals surface area contributed by atoms with Crippen LogP contribution in [0.3, 0.4) is 0 Å². The molecule has 2 fully saturated rings. The van der Waals surface area contributed by atoms with E-state index in [0.29, 0.717) is 11.7 Å². The number of phenols is 1. The molecule has 0 bridgehead atoms. The average molecular weight is 359 g/mol. The zero-order valence-electron chi connectivity index (χ0n) is 16.3. The van der Waals surface area contributed by atoms with Crippen molar-refractivity contribution in [1.29, 1.82) is 0 Å². The topological polar surface area (TPSA) is 52.6 Å². The first kappa shape index (κ1) is 19.2. The summed E-state index contributed by atoms with van der Waals surface area (Å²) in [5.74, 6) is 1.37. The lowest BCUT2D eigenvalue weighted by molar-refractivity contribution is -0.126. The molecule has 26 heavy (non-hydrogen) atoms. The molecule has 0 radical (unpaired) electrons. The third-order valence-corrected chi connectivity index (χ3v) is 6.78. The third-order valence-electron chi connectivity index (χ3n) is 6.78. The average Bonchev–Trinajstić information content (AvgIpc) is 2.65. The molecule has 1 amide bonds. The molecule has 144 valence electrons. The molecule has 1 heterocycles. The number of nitrogens with one attached hydrogen (secondary N) is 1. The summed E-state index contributed by atoms with van der Waals surface area (Å²) in [6.07, 6.45) is 6.90. The predicted octanol–water partition coefficient (Wildman–Crippen LogP) is 3.69. The Morgan fingerprint density at radius 3 is 2.77 bits per heavy atom. The molecule has 0 spiro atoms. The summed E-state index contributed by atoms with van der Waals surface area (Å²) in [6, 6.07) is 7.73. The Kier molecular flexibility index (Phi) is 6.23. The second-order valence-electron chi connectivity index (χ2n) is 8.55. The minimum absolute atomic E-state index is 0.0978. The van der Waals surface area contributed by atoms with Crippen molar-refractivity contribution >= 4 is 5.91 Å². The van der Waals surface area contributed by atoms with Gasteiger partial charge in [-0.1, -0.05) is 45.2 Å². The molecule has 4 heteroatoms. The minimum Gasteiger partial charge on any atom is -0.508 e. The summed E-state index contributed by atoms with van der Waals surface area (Å²) in [5.41, 5.74) is 1.33. The summed E-state index contributed by atoms with van der Waals surface area (Å²) in [4.78, 5) is 14.7. The summed E-state index contributed by atoms with van der Waals surface area (Å²) in [5, 5.41) is 13.0. The van der Waals surface area contributed by atoms with Gasteiger partial charge >= 0.3 is 0 Å². The lowest BCUT2D eigenvalue weighted by Crippen LogP contribution is -2.49. The summed E-state index contributed by atoms with van der Waals surface area (Å²) in [6.45, 7) is 8.37. The van der Waals surface area contributed by atoms with Crippen molar-refractivity contribution in [1.82, 2.24) is 10.2 Å². The number of carbonyl (C=O) groups excluding carboxylic acids is 1. The Hall–Kier alpha value is -1.55. The van der Waals surface area contributed by atoms with Crippen molar-refractivity contribution in [2.24, 2.45) is 11.8 Å². The summed E-state index contributed by atoms with van der Waals surface area (Å²) in [7, 11) is 0. The number of hydrogen-bond acceptors (Lipinski definition) is 3. The molecule has 1 aromatic rings. The van der Waals surface area contributed by atoms with Gasteiger partial charge in [0.1, 0.15) is 5.75 Å². The standard InChI is InChI=1S/C22H34N2O2/c1-17-16-24(14-12-23-21(26)18-7-4-3-5-8-18)13-11-22(17,2)19-9-6-10-20(25)15-19/h6,9-10,15,17-18,25H,3-5,7-8,11-14,16H2,1-2H3,(H,23,26). The highest BCUT2D eigenvalue weighted by Crippen LogP contribution is 2.40. The highest BCUT2D eigenvalue weighted by atomic mass is 16.3. The van der Waals surface area contributed by atoms with E-state index < -0.39 is 0 Å².